The molecule has 1 aromatic rings. The Bertz CT molecular complexity index is 579. The van der Waals surface area contributed by atoms with Gasteiger partial charge in [-0.25, -0.2) is 4.79 Å². The van der Waals surface area contributed by atoms with E-state index in [1.54, 1.807) is 29.2 Å². The highest BCUT2D eigenvalue weighted by Gasteiger charge is 2.49. The van der Waals surface area contributed by atoms with Crippen molar-refractivity contribution in [1.29, 1.82) is 0 Å². The van der Waals surface area contributed by atoms with E-state index in [2.05, 4.69) is 27.8 Å². The Morgan fingerprint density at radius 2 is 2.14 bits per heavy atom. The van der Waals surface area contributed by atoms with Crippen molar-refractivity contribution in [2.45, 2.75) is 11.9 Å². The second kappa shape index (κ2) is 6.29. The van der Waals surface area contributed by atoms with Crippen LogP contribution in [0.2, 0.25) is 0 Å². The van der Waals surface area contributed by atoms with Gasteiger partial charge >= 0.3 is 12.1 Å². The normalized spacial score (nSPS) is 22.3. The number of nitrogens with zero attached hydrogens (tertiary/aromatic N) is 1. The van der Waals surface area contributed by atoms with Crippen LogP contribution in [-0.4, -0.2) is 37.5 Å². The summed E-state index contributed by atoms with van der Waals surface area (Å²) in [5, 5.41) is 2.93. The van der Waals surface area contributed by atoms with E-state index in [1.165, 1.54) is 6.08 Å². The maximum Gasteiger partial charge on any atom is 0.491 e. The molecule has 120 valence electrons. The average molecular weight is 379 g/mol. The van der Waals surface area contributed by atoms with Crippen molar-refractivity contribution < 1.29 is 22.7 Å². The third-order valence-electron chi connectivity index (χ3n) is 3.31. The molecular formula is C14H14BrF3N2O2. The SMILES string of the molecule is C=CC1(OC(=O)C(F)(F)F)CNCCN1c1ccccc1Br. The number of anilines is 1. The van der Waals surface area contributed by atoms with E-state index in [9.17, 15) is 18.0 Å². The number of rotatable bonds is 3. The minimum absolute atomic E-state index is 0.0135. The zero-order chi connectivity index (χ0) is 16.4. The van der Waals surface area contributed by atoms with E-state index in [1.807, 2.05) is 0 Å². The Labute approximate surface area is 134 Å². The van der Waals surface area contributed by atoms with Gasteiger partial charge in [-0.1, -0.05) is 18.7 Å². The summed E-state index contributed by atoms with van der Waals surface area (Å²) in [6, 6.07) is 7.03. The Hall–Kier alpha value is -1.54. The summed E-state index contributed by atoms with van der Waals surface area (Å²) in [6.45, 7) is 4.47. The third-order valence-corrected chi connectivity index (χ3v) is 3.98. The Kier molecular flexibility index (Phi) is 4.81. The molecule has 1 N–H and O–H groups in total. The quantitative estimate of drug-likeness (QED) is 0.648. The van der Waals surface area contributed by atoms with E-state index in [-0.39, 0.29) is 6.54 Å². The molecule has 0 aromatic heterocycles. The summed E-state index contributed by atoms with van der Waals surface area (Å²) in [5.74, 6) is -2.24. The van der Waals surface area contributed by atoms with Crippen LogP contribution in [0.3, 0.4) is 0 Å². The van der Waals surface area contributed by atoms with Crippen molar-refractivity contribution in [2.75, 3.05) is 24.5 Å². The molecule has 0 spiro atoms. The summed E-state index contributed by atoms with van der Waals surface area (Å²) >= 11 is 3.36. The molecule has 8 heteroatoms. The van der Waals surface area contributed by atoms with Crippen molar-refractivity contribution in [3.8, 4) is 0 Å². The zero-order valence-electron chi connectivity index (χ0n) is 11.5. The summed E-state index contributed by atoms with van der Waals surface area (Å²) in [6.07, 6.45) is -3.85. The lowest BCUT2D eigenvalue weighted by Gasteiger charge is -2.46. The van der Waals surface area contributed by atoms with Crippen LogP contribution in [0.1, 0.15) is 0 Å². The predicted molar refractivity (Wildman–Crippen MR) is 79.4 cm³/mol. The van der Waals surface area contributed by atoms with Crippen LogP contribution in [0, 0.1) is 0 Å². The molecule has 22 heavy (non-hydrogen) atoms. The number of carbonyl (C=O) groups excluding carboxylic acids is 1. The molecule has 1 fully saturated rings. The third kappa shape index (κ3) is 3.27. The number of ether oxygens (including phenoxy) is 1. The van der Waals surface area contributed by atoms with Gasteiger partial charge in [0.25, 0.3) is 0 Å². The molecule has 0 bridgehead atoms. The summed E-state index contributed by atoms with van der Waals surface area (Å²) in [4.78, 5) is 12.9. The first-order chi connectivity index (χ1) is 10.3. The van der Waals surface area contributed by atoms with Crippen molar-refractivity contribution in [1.82, 2.24) is 5.32 Å². The molecule has 0 aliphatic carbocycles. The van der Waals surface area contributed by atoms with Crippen LogP contribution in [0.5, 0.6) is 0 Å². The number of halogens is 4. The van der Waals surface area contributed by atoms with Crippen molar-refractivity contribution in [3.63, 3.8) is 0 Å². The lowest BCUT2D eigenvalue weighted by atomic mass is 10.1. The van der Waals surface area contributed by atoms with E-state index in [0.717, 1.165) is 0 Å². The number of benzene rings is 1. The smallest absolute Gasteiger partial charge is 0.427 e. The first-order valence-electron chi connectivity index (χ1n) is 6.47. The molecule has 4 nitrogen and oxygen atoms in total. The van der Waals surface area contributed by atoms with Gasteiger partial charge in [0, 0.05) is 17.6 Å². The molecule has 1 aliphatic heterocycles. The number of hydrogen-bond acceptors (Lipinski definition) is 4. The highest BCUT2D eigenvalue weighted by Crippen LogP contribution is 2.34. The number of carbonyl (C=O) groups is 1. The number of hydrogen-bond donors (Lipinski definition) is 1. The van der Waals surface area contributed by atoms with E-state index in [4.69, 9.17) is 4.74 Å². The Morgan fingerprint density at radius 1 is 1.45 bits per heavy atom. The van der Waals surface area contributed by atoms with Gasteiger partial charge in [-0.3, -0.25) is 0 Å². The topological polar surface area (TPSA) is 41.6 Å². The molecule has 1 aliphatic rings. The molecule has 1 aromatic carbocycles. The van der Waals surface area contributed by atoms with Gasteiger partial charge in [-0.15, -0.1) is 0 Å². The molecule has 2 rings (SSSR count). The van der Waals surface area contributed by atoms with Crippen molar-refractivity contribution in [2.24, 2.45) is 0 Å². The van der Waals surface area contributed by atoms with Crippen molar-refractivity contribution in [3.05, 3.63) is 41.4 Å². The van der Waals surface area contributed by atoms with Gasteiger partial charge in [0.15, 0.2) is 0 Å². The van der Waals surface area contributed by atoms with Crippen LogP contribution in [-0.2, 0) is 9.53 Å². The maximum atomic E-state index is 12.6. The molecular weight excluding hydrogens is 365 g/mol. The van der Waals surface area contributed by atoms with E-state index < -0.39 is 17.9 Å². The minimum atomic E-state index is -5.06. The van der Waals surface area contributed by atoms with Gasteiger partial charge in [0.2, 0.25) is 5.72 Å². The molecule has 0 amide bonds. The number of alkyl halides is 3. The number of piperazine rings is 1. The van der Waals surface area contributed by atoms with Gasteiger partial charge in [0.05, 0.1) is 12.2 Å². The average Bonchev–Trinajstić information content (AvgIpc) is 2.47. The zero-order valence-corrected chi connectivity index (χ0v) is 13.1. The predicted octanol–water partition coefficient (Wildman–Crippen LogP) is 2.85. The summed E-state index contributed by atoms with van der Waals surface area (Å²) < 4.78 is 43.1. The second-order valence-electron chi connectivity index (χ2n) is 4.72. The fourth-order valence-corrected chi connectivity index (χ4v) is 2.77. The molecule has 1 heterocycles. The standard InChI is InChI=1S/C14H14BrF3N2O2/c1-2-13(22-12(21)14(16,17)18)9-19-7-8-20(13)11-6-4-3-5-10(11)15/h2-6,19H,1,7-9H2. The van der Waals surface area contributed by atoms with Crippen molar-refractivity contribution >= 4 is 27.6 Å². The molecule has 1 saturated heterocycles. The van der Waals surface area contributed by atoms with Crippen LogP contribution in [0.15, 0.2) is 41.4 Å². The fraction of sp³-hybridized carbons (Fsp3) is 0.357. The minimum Gasteiger partial charge on any atom is -0.427 e. The lowest BCUT2D eigenvalue weighted by molar-refractivity contribution is -0.210. The summed E-state index contributed by atoms with van der Waals surface area (Å²) in [7, 11) is 0. The first kappa shape index (κ1) is 16.8. The highest BCUT2D eigenvalue weighted by molar-refractivity contribution is 9.10. The monoisotopic (exact) mass is 378 g/mol. The van der Waals surface area contributed by atoms with Crippen LogP contribution in [0.4, 0.5) is 18.9 Å². The Balaban J connectivity index is 2.40. The fourth-order valence-electron chi connectivity index (χ4n) is 2.27. The van der Waals surface area contributed by atoms with E-state index >= 15 is 0 Å². The van der Waals surface area contributed by atoms with Gasteiger partial charge in [-0.05, 0) is 34.1 Å². The van der Waals surface area contributed by atoms with Crippen LogP contribution < -0.4 is 10.2 Å². The molecule has 1 atom stereocenters. The highest BCUT2D eigenvalue weighted by atomic mass is 79.9. The van der Waals surface area contributed by atoms with E-state index in [0.29, 0.717) is 23.2 Å². The molecule has 0 radical (unpaired) electrons. The number of esters is 1. The second-order valence-corrected chi connectivity index (χ2v) is 5.57. The van der Waals surface area contributed by atoms with Crippen LogP contribution >= 0.6 is 15.9 Å². The van der Waals surface area contributed by atoms with Gasteiger partial charge in [0.1, 0.15) is 0 Å². The van der Waals surface area contributed by atoms with Crippen LogP contribution in [0.25, 0.3) is 0 Å². The largest absolute Gasteiger partial charge is 0.491 e. The van der Waals surface area contributed by atoms with Gasteiger partial charge in [-0.2, -0.15) is 13.2 Å². The Morgan fingerprint density at radius 3 is 2.73 bits per heavy atom. The first-order valence-corrected chi connectivity index (χ1v) is 7.26. The number of nitrogens with one attached hydrogen (secondary N) is 1. The maximum absolute atomic E-state index is 12.6. The number of para-hydroxylation sites is 1. The molecule has 1 unspecified atom stereocenters. The molecule has 0 saturated carbocycles. The summed E-state index contributed by atoms with van der Waals surface area (Å²) in [5.41, 5.74) is -0.978. The van der Waals surface area contributed by atoms with Gasteiger partial charge < -0.3 is 15.0 Å². The lowest BCUT2D eigenvalue weighted by Crippen LogP contribution is -2.63.